The van der Waals surface area contributed by atoms with Crippen LogP contribution in [0, 0.1) is 11.6 Å². The lowest BCUT2D eigenvalue weighted by Gasteiger charge is -2.13. The summed E-state index contributed by atoms with van der Waals surface area (Å²) in [6, 6.07) is 9.58. The SMILES string of the molecule is CC(Cl)c1nc2ccccc2n1-c1c(F)cc(Br)cc1F. The van der Waals surface area contributed by atoms with Crippen LogP contribution in [0.4, 0.5) is 8.78 Å². The number of halogens is 4. The fraction of sp³-hybridized carbons (Fsp3) is 0.133. The third-order valence-electron chi connectivity index (χ3n) is 3.15. The van der Waals surface area contributed by atoms with Gasteiger partial charge in [-0.25, -0.2) is 13.8 Å². The molecule has 3 rings (SSSR count). The van der Waals surface area contributed by atoms with Crippen molar-refractivity contribution >= 4 is 38.6 Å². The molecule has 6 heteroatoms. The summed E-state index contributed by atoms with van der Waals surface area (Å²) in [5.41, 5.74) is 1.08. The maximum Gasteiger partial charge on any atom is 0.151 e. The van der Waals surface area contributed by atoms with Crippen LogP contribution in [0.15, 0.2) is 40.9 Å². The van der Waals surface area contributed by atoms with Gasteiger partial charge < -0.3 is 0 Å². The third-order valence-corrected chi connectivity index (χ3v) is 3.80. The topological polar surface area (TPSA) is 17.8 Å². The first kappa shape index (κ1) is 14.5. The fourth-order valence-electron chi connectivity index (χ4n) is 2.29. The molecule has 0 aliphatic rings. The number of rotatable bonds is 2. The first-order valence-electron chi connectivity index (χ1n) is 6.25. The minimum atomic E-state index is -0.677. The van der Waals surface area contributed by atoms with Crippen LogP contribution in [-0.2, 0) is 0 Å². The zero-order valence-corrected chi connectivity index (χ0v) is 13.3. The number of alkyl halides is 1. The van der Waals surface area contributed by atoms with Gasteiger partial charge in [-0.2, -0.15) is 0 Å². The Morgan fingerprint density at radius 3 is 2.43 bits per heavy atom. The molecule has 2 aromatic carbocycles. The maximum atomic E-state index is 14.3. The van der Waals surface area contributed by atoms with E-state index in [1.54, 1.807) is 25.1 Å². The summed E-state index contributed by atoms with van der Waals surface area (Å²) >= 11 is 9.20. The first-order chi connectivity index (χ1) is 9.99. The number of imidazole rings is 1. The van der Waals surface area contributed by atoms with Gasteiger partial charge in [0.05, 0.1) is 16.4 Å². The Kier molecular flexibility index (Phi) is 3.71. The Labute approximate surface area is 133 Å². The van der Waals surface area contributed by atoms with Crippen molar-refractivity contribution in [2.75, 3.05) is 0 Å². The van der Waals surface area contributed by atoms with Gasteiger partial charge in [0.2, 0.25) is 0 Å². The molecule has 0 aliphatic heterocycles. The minimum absolute atomic E-state index is 0.172. The van der Waals surface area contributed by atoms with E-state index < -0.39 is 17.0 Å². The van der Waals surface area contributed by atoms with E-state index >= 15 is 0 Å². The van der Waals surface area contributed by atoms with E-state index in [0.29, 0.717) is 21.3 Å². The van der Waals surface area contributed by atoms with Crippen molar-refractivity contribution in [3.63, 3.8) is 0 Å². The van der Waals surface area contributed by atoms with Crippen molar-refractivity contribution in [3.8, 4) is 5.69 Å². The van der Waals surface area contributed by atoms with Crippen molar-refractivity contribution in [1.82, 2.24) is 9.55 Å². The van der Waals surface area contributed by atoms with Crippen LogP contribution < -0.4 is 0 Å². The molecule has 0 aliphatic carbocycles. The highest BCUT2D eigenvalue weighted by molar-refractivity contribution is 9.10. The summed E-state index contributed by atoms with van der Waals surface area (Å²) in [7, 11) is 0. The van der Waals surface area contributed by atoms with Crippen molar-refractivity contribution < 1.29 is 8.78 Å². The zero-order valence-electron chi connectivity index (χ0n) is 10.9. The van der Waals surface area contributed by atoms with Crippen LogP contribution in [0.1, 0.15) is 18.1 Å². The molecule has 1 unspecified atom stereocenters. The van der Waals surface area contributed by atoms with Crippen LogP contribution >= 0.6 is 27.5 Å². The molecule has 2 nitrogen and oxygen atoms in total. The molecule has 1 aromatic heterocycles. The average Bonchev–Trinajstić information content (AvgIpc) is 2.77. The van der Waals surface area contributed by atoms with E-state index in [0.717, 1.165) is 0 Å². The maximum absolute atomic E-state index is 14.3. The lowest BCUT2D eigenvalue weighted by Crippen LogP contribution is -2.07. The molecule has 1 heterocycles. The van der Waals surface area contributed by atoms with Crippen molar-refractivity contribution in [1.29, 1.82) is 0 Å². The van der Waals surface area contributed by atoms with E-state index in [1.165, 1.54) is 16.7 Å². The van der Waals surface area contributed by atoms with Gasteiger partial charge in [-0.05, 0) is 31.2 Å². The van der Waals surface area contributed by atoms with Gasteiger partial charge >= 0.3 is 0 Å². The number of hydrogen-bond acceptors (Lipinski definition) is 1. The lowest BCUT2D eigenvalue weighted by molar-refractivity contribution is 0.566. The summed E-state index contributed by atoms with van der Waals surface area (Å²) in [5.74, 6) is -0.954. The van der Waals surface area contributed by atoms with E-state index in [1.807, 2.05) is 6.07 Å². The fourth-order valence-corrected chi connectivity index (χ4v) is 2.84. The van der Waals surface area contributed by atoms with Gasteiger partial charge in [0, 0.05) is 4.47 Å². The molecular formula is C15H10BrClF2N2. The number of benzene rings is 2. The number of nitrogens with zero attached hydrogens (tertiary/aromatic N) is 2. The molecule has 0 saturated carbocycles. The van der Waals surface area contributed by atoms with Crippen LogP contribution in [0.5, 0.6) is 0 Å². The smallest absolute Gasteiger partial charge is 0.151 e. The van der Waals surface area contributed by atoms with Crippen LogP contribution in [-0.4, -0.2) is 9.55 Å². The predicted octanol–water partition coefficient (Wildman–Crippen LogP) is 5.37. The van der Waals surface area contributed by atoms with Crippen molar-refractivity contribution in [3.05, 3.63) is 58.3 Å². The van der Waals surface area contributed by atoms with Gasteiger partial charge in [-0.15, -0.1) is 11.6 Å². The monoisotopic (exact) mass is 370 g/mol. The largest absolute Gasteiger partial charge is 0.290 e. The summed E-state index contributed by atoms with van der Waals surface area (Å²) < 4.78 is 30.3. The summed E-state index contributed by atoms with van der Waals surface area (Å²) in [6.07, 6.45) is 0. The highest BCUT2D eigenvalue weighted by Crippen LogP contribution is 2.31. The molecule has 1 atom stereocenters. The van der Waals surface area contributed by atoms with Crippen LogP contribution in [0.3, 0.4) is 0 Å². The standard InChI is InChI=1S/C15H10BrClF2N2/c1-8(17)15-20-12-4-2-3-5-13(12)21(15)14-10(18)6-9(16)7-11(14)19/h2-8H,1H3. The molecular weight excluding hydrogens is 362 g/mol. The number of fused-ring (bicyclic) bond motifs is 1. The Morgan fingerprint density at radius 2 is 1.81 bits per heavy atom. The normalized spacial score (nSPS) is 12.8. The van der Waals surface area contributed by atoms with Crippen LogP contribution in [0.25, 0.3) is 16.7 Å². The molecule has 0 spiro atoms. The number of hydrogen-bond donors (Lipinski definition) is 0. The Morgan fingerprint density at radius 1 is 1.19 bits per heavy atom. The molecule has 0 saturated heterocycles. The summed E-state index contributed by atoms with van der Waals surface area (Å²) in [5, 5.41) is -0.486. The van der Waals surface area contributed by atoms with E-state index in [4.69, 9.17) is 11.6 Å². The first-order valence-corrected chi connectivity index (χ1v) is 7.48. The van der Waals surface area contributed by atoms with Crippen molar-refractivity contribution in [2.45, 2.75) is 12.3 Å². The average molecular weight is 372 g/mol. The van der Waals surface area contributed by atoms with E-state index in [9.17, 15) is 8.78 Å². The quantitative estimate of drug-likeness (QED) is 0.554. The molecule has 0 N–H and O–H groups in total. The number of aromatic nitrogens is 2. The van der Waals surface area contributed by atoms with Gasteiger partial charge in [0.25, 0.3) is 0 Å². The highest BCUT2D eigenvalue weighted by atomic mass is 79.9. The Balaban J connectivity index is 2.42. The zero-order chi connectivity index (χ0) is 15.1. The third kappa shape index (κ3) is 2.45. The van der Waals surface area contributed by atoms with Crippen molar-refractivity contribution in [2.24, 2.45) is 0 Å². The van der Waals surface area contributed by atoms with Gasteiger partial charge in [-0.1, -0.05) is 28.1 Å². The lowest BCUT2D eigenvalue weighted by atomic mass is 10.2. The highest BCUT2D eigenvalue weighted by Gasteiger charge is 2.21. The summed E-state index contributed by atoms with van der Waals surface area (Å²) in [4.78, 5) is 4.38. The second kappa shape index (κ2) is 5.39. The number of para-hydroxylation sites is 2. The molecule has 0 amide bonds. The second-order valence-corrected chi connectivity index (χ2v) is 6.20. The summed E-state index contributed by atoms with van der Waals surface area (Å²) in [6.45, 7) is 1.72. The molecule has 0 fully saturated rings. The predicted molar refractivity (Wildman–Crippen MR) is 83.0 cm³/mol. The van der Waals surface area contributed by atoms with Crippen LogP contribution in [0.2, 0.25) is 0 Å². The molecule has 108 valence electrons. The van der Waals surface area contributed by atoms with E-state index in [2.05, 4.69) is 20.9 Å². The molecule has 21 heavy (non-hydrogen) atoms. The molecule has 3 aromatic rings. The van der Waals surface area contributed by atoms with Gasteiger partial charge in [0.15, 0.2) is 11.6 Å². The second-order valence-electron chi connectivity index (χ2n) is 4.63. The minimum Gasteiger partial charge on any atom is -0.290 e. The van der Waals surface area contributed by atoms with E-state index in [-0.39, 0.29) is 5.69 Å². The Hall–Kier alpha value is -1.46. The Bertz CT molecular complexity index is 807. The molecule has 0 radical (unpaired) electrons. The molecule has 0 bridgehead atoms. The van der Waals surface area contributed by atoms with Gasteiger partial charge in [-0.3, -0.25) is 4.57 Å². The van der Waals surface area contributed by atoms with Gasteiger partial charge in [0.1, 0.15) is 11.5 Å².